The molecule has 20 heavy (non-hydrogen) atoms. The number of nitrogen functional groups attached to an aromatic ring is 1. The zero-order valence-corrected chi connectivity index (χ0v) is 12.2. The van der Waals surface area contributed by atoms with Crippen molar-refractivity contribution in [3.05, 3.63) is 46.4 Å². The first kappa shape index (κ1) is 14.5. The number of benzene rings is 1. The minimum atomic E-state index is 0.0690. The van der Waals surface area contributed by atoms with Gasteiger partial charge in [-0.05, 0) is 31.3 Å². The van der Waals surface area contributed by atoms with Crippen LogP contribution in [0.4, 0.5) is 0 Å². The summed E-state index contributed by atoms with van der Waals surface area (Å²) in [5.41, 5.74) is 9.04. The summed E-state index contributed by atoms with van der Waals surface area (Å²) in [5, 5.41) is 9.37. The molecule has 106 valence electrons. The van der Waals surface area contributed by atoms with Crippen LogP contribution in [0.5, 0.6) is 5.75 Å². The van der Waals surface area contributed by atoms with Crippen molar-refractivity contribution in [2.75, 3.05) is 20.2 Å². The van der Waals surface area contributed by atoms with E-state index in [1.54, 1.807) is 23.5 Å². The number of ether oxygens (including phenoxy) is 1. The summed E-state index contributed by atoms with van der Waals surface area (Å²) in [6, 6.07) is 7.24. The molecular weight excluding hydrogens is 272 g/mol. The van der Waals surface area contributed by atoms with E-state index in [2.05, 4.69) is 15.3 Å². The first-order valence-corrected chi connectivity index (χ1v) is 7.22. The highest BCUT2D eigenvalue weighted by Crippen LogP contribution is 2.12. The standard InChI is InChI=1S/C14H18N4OS/c1-18(8-12-9-20-10-17-12)6-7-19-13-4-2-11(3-5-13)14(15)16/h2-5,9-10H,6-8H2,1H3,(H3,15,16). The van der Waals surface area contributed by atoms with E-state index in [1.807, 2.05) is 24.7 Å². The van der Waals surface area contributed by atoms with Gasteiger partial charge in [-0.25, -0.2) is 4.98 Å². The van der Waals surface area contributed by atoms with Crippen molar-refractivity contribution in [3.8, 4) is 5.75 Å². The van der Waals surface area contributed by atoms with Gasteiger partial charge >= 0.3 is 0 Å². The molecule has 0 fully saturated rings. The van der Waals surface area contributed by atoms with E-state index in [0.29, 0.717) is 12.2 Å². The van der Waals surface area contributed by atoms with Crippen LogP contribution in [0.2, 0.25) is 0 Å². The molecule has 2 aromatic rings. The van der Waals surface area contributed by atoms with Crippen LogP contribution in [0.1, 0.15) is 11.3 Å². The summed E-state index contributed by atoms with van der Waals surface area (Å²) in [4.78, 5) is 6.42. The van der Waals surface area contributed by atoms with Crippen molar-refractivity contribution in [1.29, 1.82) is 5.41 Å². The fourth-order valence-electron chi connectivity index (χ4n) is 1.72. The van der Waals surface area contributed by atoms with Gasteiger partial charge in [0.2, 0.25) is 0 Å². The SMILES string of the molecule is CN(CCOc1ccc(C(=N)N)cc1)Cc1cscn1. The van der Waals surface area contributed by atoms with E-state index in [9.17, 15) is 0 Å². The molecule has 0 amide bonds. The third kappa shape index (κ3) is 4.32. The average molecular weight is 290 g/mol. The van der Waals surface area contributed by atoms with Crippen LogP contribution >= 0.6 is 11.3 Å². The first-order chi connectivity index (χ1) is 9.65. The smallest absolute Gasteiger partial charge is 0.122 e. The fourth-order valence-corrected chi connectivity index (χ4v) is 2.27. The number of hydrogen-bond donors (Lipinski definition) is 2. The van der Waals surface area contributed by atoms with Crippen molar-refractivity contribution in [1.82, 2.24) is 9.88 Å². The second-order valence-electron chi connectivity index (χ2n) is 4.50. The Morgan fingerprint density at radius 1 is 1.40 bits per heavy atom. The number of likely N-dealkylation sites (N-methyl/N-ethyl adjacent to an activating group) is 1. The molecule has 3 N–H and O–H groups in total. The fraction of sp³-hybridized carbons (Fsp3) is 0.286. The van der Waals surface area contributed by atoms with E-state index in [-0.39, 0.29) is 5.84 Å². The maximum Gasteiger partial charge on any atom is 0.122 e. The number of nitrogens with zero attached hydrogens (tertiary/aromatic N) is 2. The zero-order valence-electron chi connectivity index (χ0n) is 11.4. The van der Waals surface area contributed by atoms with Gasteiger partial charge in [0.05, 0.1) is 11.2 Å². The monoisotopic (exact) mass is 290 g/mol. The average Bonchev–Trinajstić information content (AvgIpc) is 2.92. The maximum atomic E-state index is 7.32. The van der Waals surface area contributed by atoms with Crippen LogP contribution in [-0.2, 0) is 6.54 Å². The lowest BCUT2D eigenvalue weighted by molar-refractivity contribution is 0.231. The first-order valence-electron chi connectivity index (χ1n) is 6.28. The molecule has 0 atom stereocenters. The van der Waals surface area contributed by atoms with Gasteiger partial charge in [0.15, 0.2) is 0 Å². The molecule has 0 spiro atoms. The molecule has 0 aliphatic heterocycles. The number of thiazole rings is 1. The molecule has 1 aromatic heterocycles. The molecule has 0 bridgehead atoms. The molecular formula is C14H18N4OS. The van der Waals surface area contributed by atoms with Gasteiger partial charge in [-0.2, -0.15) is 0 Å². The Kier molecular flexibility index (Phi) is 5.09. The molecule has 0 radical (unpaired) electrons. The Bertz CT molecular complexity index is 539. The van der Waals surface area contributed by atoms with Gasteiger partial charge < -0.3 is 10.5 Å². The van der Waals surface area contributed by atoms with Gasteiger partial charge in [-0.1, -0.05) is 0 Å². The molecule has 1 aromatic carbocycles. The highest BCUT2D eigenvalue weighted by atomic mass is 32.1. The molecule has 2 rings (SSSR count). The molecule has 0 saturated heterocycles. The van der Waals surface area contributed by atoms with E-state index < -0.39 is 0 Å². The molecule has 0 aliphatic carbocycles. The number of nitrogens with two attached hydrogens (primary N) is 1. The predicted octanol–water partition coefficient (Wildman–Crippen LogP) is 1.94. The normalized spacial score (nSPS) is 10.7. The summed E-state index contributed by atoms with van der Waals surface area (Å²) in [7, 11) is 2.04. The van der Waals surface area contributed by atoms with Gasteiger partial charge in [0, 0.05) is 24.0 Å². The minimum absolute atomic E-state index is 0.0690. The molecule has 1 heterocycles. The largest absolute Gasteiger partial charge is 0.492 e. The highest BCUT2D eigenvalue weighted by Gasteiger charge is 2.03. The maximum absolute atomic E-state index is 7.32. The number of nitrogens with one attached hydrogen (secondary N) is 1. The van der Waals surface area contributed by atoms with Crippen LogP contribution in [0, 0.1) is 5.41 Å². The Morgan fingerprint density at radius 3 is 2.75 bits per heavy atom. The van der Waals surface area contributed by atoms with Crippen molar-refractivity contribution in [3.63, 3.8) is 0 Å². The third-order valence-electron chi connectivity index (χ3n) is 2.82. The second kappa shape index (κ2) is 7.02. The Balaban J connectivity index is 1.73. The van der Waals surface area contributed by atoms with E-state index in [0.717, 1.165) is 24.5 Å². The van der Waals surface area contributed by atoms with Crippen LogP contribution in [0.15, 0.2) is 35.2 Å². The van der Waals surface area contributed by atoms with Crippen molar-refractivity contribution in [2.24, 2.45) is 5.73 Å². The van der Waals surface area contributed by atoms with E-state index in [1.165, 1.54) is 0 Å². The van der Waals surface area contributed by atoms with Crippen LogP contribution < -0.4 is 10.5 Å². The lowest BCUT2D eigenvalue weighted by atomic mass is 10.2. The molecule has 5 nitrogen and oxygen atoms in total. The summed E-state index contributed by atoms with van der Waals surface area (Å²) in [5.74, 6) is 0.858. The Hall–Kier alpha value is -1.92. The summed E-state index contributed by atoms with van der Waals surface area (Å²) in [6.07, 6.45) is 0. The van der Waals surface area contributed by atoms with E-state index in [4.69, 9.17) is 15.9 Å². The zero-order chi connectivity index (χ0) is 14.4. The molecule has 0 unspecified atom stereocenters. The van der Waals surface area contributed by atoms with Crippen molar-refractivity contribution < 1.29 is 4.74 Å². The van der Waals surface area contributed by atoms with Gasteiger partial charge in [0.25, 0.3) is 0 Å². The molecule has 6 heteroatoms. The van der Waals surface area contributed by atoms with Gasteiger partial charge in [0.1, 0.15) is 18.2 Å². The number of aromatic nitrogens is 1. The number of hydrogen-bond acceptors (Lipinski definition) is 5. The lowest BCUT2D eigenvalue weighted by Crippen LogP contribution is -2.24. The van der Waals surface area contributed by atoms with Crippen molar-refractivity contribution in [2.45, 2.75) is 6.54 Å². The quantitative estimate of drug-likeness (QED) is 0.603. The summed E-state index contributed by atoms with van der Waals surface area (Å²) >= 11 is 1.61. The van der Waals surface area contributed by atoms with Gasteiger partial charge in [-0.3, -0.25) is 10.3 Å². The van der Waals surface area contributed by atoms with Crippen LogP contribution in [-0.4, -0.2) is 35.9 Å². The predicted molar refractivity (Wildman–Crippen MR) is 81.4 cm³/mol. The summed E-state index contributed by atoms with van der Waals surface area (Å²) < 4.78 is 5.66. The van der Waals surface area contributed by atoms with Crippen LogP contribution in [0.3, 0.4) is 0 Å². The topological polar surface area (TPSA) is 75.2 Å². The molecule has 0 saturated carbocycles. The Labute approximate surface area is 122 Å². The van der Waals surface area contributed by atoms with Crippen LogP contribution in [0.25, 0.3) is 0 Å². The number of amidine groups is 1. The molecule has 0 aliphatic rings. The third-order valence-corrected chi connectivity index (χ3v) is 3.46. The minimum Gasteiger partial charge on any atom is -0.492 e. The summed E-state index contributed by atoms with van der Waals surface area (Å²) in [6.45, 7) is 2.27. The lowest BCUT2D eigenvalue weighted by Gasteiger charge is -2.15. The Morgan fingerprint density at radius 2 is 2.15 bits per heavy atom. The van der Waals surface area contributed by atoms with Crippen molar-refractivity contribution >= 4 is 17.2 Å². The highest BCUT2D eigenvalue weighted by molar-refractivity contribution is 7.07. The second-order valence-corrected chi connectivity index (χ2v) is 5.22. The van der Waals surface area contributed by atoms with Gasteiger partial charge in [-0.15, -0.1) is 11.3 Å². The van der Waals surface area contributed by atoms with E-state index >= 15 is 0 Å². The number of rotatable bonds is 7.